The summed E-state index contributed by atoms with van der Waals surface area (Å²) in [6.07, 6.45) is -0.518. The summed E-state index contributed by atoms with van der Waals surface area (Å²) in [5.74, 6) is -0.459. The Morgan fingerprint density at radius 2 is 1.38 bits per heavy atom. The Kier molecular flexibility index (Phi) is 7.58. The molecule has 6 nitrogen and oxygen atoms in total. The molecule has 0 aromatic heterocycles. The fourth-order valence-corrected chi connectivity index (χ4v) is 9.39. The SMILES string of the molecule is COC(=O)[C@H]1C[C@H](O[Si](c2ccccc2)(c2ccccc2)C(C)(C)C)CN1C(=O)OC(C)(C)C. The van der Waals surface area contributed by atoms with Crippen molar-refractivity contribution in [2.45, 2.75) is 70.7 Å². The largest absolute Gasteiger partial charge is 0.467 e. The van der Waals surface area contributed by atoms with Gasteiger partial charge in [-0.15, -0.1) is 0 Å². The zero-order valence-corrected chi connectivity index (χ0v) is 22.3. The van der Waals surface area contributed by atoms with Gasteiger partial charge in [-0.3, -0.25) is 4.90 Å². The van der Waals surface area contributed by atoms with Crippen LogP contribution in [0.3, 0.4) is 0 Å². The minimum Gasteiger partial charge on any atom is -0.467 e. The molecule has 0 unspecified atom stereocenters. The number of likely N-dealkylation sites (tertiary alicyclic amines) is 1. The van der Waals surface area contributed by atoms with Crippen LogP contribution in [-0.2, 0) is 18.7 Å². The molecule has 2 aromatic carbocycles. The maximum absolute atomic E-state index is 13.0. The van der Waals surface area contributed by atoms with Gasteiger partial charge < -0.3 is 13.9 Å². The number of methoxy groups -OCH3 is 1. The van der Waals surface area contributed by atoms with E-state index in [1.807, 2.05) is 57.2 Å². The van der Waals surface area contributed by atoms with E-state index < -0.39 is 32.0 Å². The molecule has 0 spiro atoms. The topological polar surface area (TPSA) is 65.1 Å². The summed E-state index contributed by atoms with van der Waals surface area (Å²) in [5.41, 5.74) is -0.672. The highest BCUT2D eigenvalue weighted by atomic mass is 28.4. The highest BCUT2D eigenvalue weighted by molar-refractivity contribution is 6.99. The molecule has 184 valence electrons. The third-order valence-corrected chi connectivity index (χ3v) is 11.2. The third-order valence-electron chi connectivity index (χ3n) is 6.12. The Morgan fingerprint density at radius 3 is 1.79 bits per heavy atom. The van der Waals surface area contributed by atoms with Crippen molar-refractivity contribution in [2.75, 3.05) is 13.7 Å². The average Bonchev–Trinajstić information content (AvgIpc) is 3.20. The molecule has 0 saturated carbocycles. The number of nitrogens with zero attached hydrogens (tertiary/aromatic N) is 1. The summed E-state index contributed by atoms with van der Waals surface area (Å²) < 4.78 is 17.8. The first-order chi connectivity index (χ1) is 15.9. The predicted octanol–water partition coefficient (Wildman–Crippen LogP) is 4.11. The zero-order valence-electron chi connectivity index (χ0n) is 21.3. The van der Waals surface area contributed by atoms with Gasteiger partial charge in [0.15, 0.2) is 0 Å². The minimum atomic E-state index is -2.83. The van der Waals surface area contributed by atoms with E-state index in [9.17, 15) is 9.59 Å². The quantitative estimate of drug-likeness (QED) is 0.473. The molecule has 2 atom stereocenters. The molecular formula is C27H37NO5Si. The Morgan fingerprint density at radius 1 is 0.882 bits per heavy atom. The van der Waals surface area contributed by atoms with Crippen molar-refractivity contribution in [2.24, 2.45) is 0 Å². The van der Waals surface area contributed by atoms with Gasteiger partial charge in [0.25, 0.3) is 8.32 Å². The number of rotatable bonds is 5. The first-order valence-corrected chi connectivity index (χ1v) is 13.7. The molecule has 1 fully saturated rings. The molecule has 1 saturated heterocycles. The standard InChI is InChI=1S/C27H37NO5Si/c1-26(2,3)32-25(30)28-19-20(18-23(28)24(29)31-7)33-34(27(4,5)6,21-14-10-8-11-15-21)22-16-12-9-13-17-22/h8-17,20,23H,18-19H2,1-7H3/t20-,23+/m0/s1. The highest BCUT2D eigenvalue weighted by Gasteiger charge is 2.54. The van der Waals surface area contributed by atoms with Crippen LogP contribution in [0.2, 0.25) is 5.04 Å². The van der Waals surface area contributed by atoms with Crippen molar-refractivity contribution in [3.8, 4) is 0 Å². The van der Waals surface area contributed by atoms with E-state index in [0.717, 1.165) is 10.4 Å². The Hall–Kier alpha value is -2.64. The van der Waals surface area contributed by atoms with Gasteiger partial charge in [-0.2, -0.15) is 0 Å². The van der Waals surface area contributed by atoms with Gasteiger partial charge in [0.2, 0.25) is 0 Å². The third kappa shape index (κ3) is 5.36. The van der Waals surface area contributed by atoms with Crippen LogP contribution in [0.4, 0.5) is 4.79 Å². The fraction of sp³-hybridized carbons (Fsp3) is 0.481. The Bertz CT molecular complexity index is 942. The second kappa shape index (κ2) is 9.92. The monoisotopic (exact) mass is 483 g/mol. The number of benzene rings is 2. The molecule has 1 aliphatic heterocycles. The van der Waals surface area contributed by atoms with Gasteiger partial charge in [0.1, 0.15) is 11.6 Å². The van der Waals surface area contributed by atoms with Crippen LogP contribution in [-0.4, -0.2) is 56.7 Å². The maximum Gasteiger partial charge on any atom is 0.411 e. The number of carbonyl (C=O) groups excluding carboxylic acids is 2. The van der Waals surface area contributed by atoms with Crippen molar-refractivity contribution in [1.82, 2.24) is 4.90 Å². The summed E-state index contributed by atoms with van der Waals surface area (Å²) in [5, 5.41) is 2.09. The molecule has 7 heteroatoms. The lowest BCUT2D eigenvalue weighted by Gasteiger charge is -2.44. The van der Waals surface area contributed by atoms with Crippen LogP contribution >= 0.6 is 0 Å². The fourth-order valence-electron chi connectivity index (χ4n) is 4.71. The molecule has 1 aliphatic rings. The number of esters is 1. The van der Waals surface area contributed by atoms with Crippen molar-refractivity contribution in [3.05, 3.63) is 60.7 Å². The first-order valence-electron chi connectivity index (χ1n) is 11.8. The van der Waals surface area contributed by atoms with Gasteiger partial charge in [-0.1, -0.05) is 81.4 Å². The lowest BCUT2D eigenvalue weighted by molar-refractivity contribution is -0.145. The molecule has 0 bridgehead atoms. The first kappa shape index (κ1) is 26.0. The normalized spacial score (nSPS) is 19.1. The molecule has 0 N–H and O–H groups in total. The molecule has 1 heterocycles. The summed E-state index contributed by atoms with van der Waals surface area (Å²) in [6, 6.07) is 19.9. The second-order valence-electron chi connectivity index (χ2n) is 10.8. The van der Waals surface area contributed by atoms with E-state index in [4.69, 9.17) is 13.9 Å². The Balaban J connectivity index is 2.04. The van der Waals surface area contributed by atoms with E-state index >= 15 is 0 Å². The smallest absolute Gasteiger partial charge is 0.411 e. The van der Waals surface area contributed by atoms with Crippen molar-refractivity contribution in [3.63, 3.8) is 0 Å². The lowest BCUT2D eigenvalue weighted by atomic mass is 10.2. The molecule has 34 heavy (non-hydrogen) atoms. The van der Waals surface area contributed by atoms with Crippen LogP contribution < -0.4 is 10.4 Å². The predicted molar refractivity (Wildman–Crippen MR) is 136 cm³/mol. The molecule has 0 radical (unpaired) electrons. The van der Waals surface area contributed by atoms with Crippen LogP contribution in [0, 0.1) is 0 Å². The van der Waals surface area contributed by atoms with E-state index in [-0.39, 0.29) is 17.7 Å². The Labute approximate surface area is 204 Å². The van der Waals surface area contributed by atoms with E-state index in [0.29, 0.717) is 6.42 Å². The molecule has 1 amide bonds. The number of carbonyl (C=O) groups is 2. The van der Waals surface area contributed by atoms with Crippen molar-refractivity contribution >= 4 is 30.8 Å². The van der Waals surface area contributed by atoms with Crippen LogP contribution in [0.15, 0.2) is 60.7 Å². The lowest BCUT2D eigenvalue weighted by Crippen LogP contribution is -2.67. The maximum atomic E-state index is 13.0. The molecule has 3 rings (SSSR count). The van der Waals surface area contributed by atoms with Gasteiger partial charge in [0.05, 0.1) is 13.2 Å². The number of ether oxygens (including phenoxy) is 2. The number of amides is 1. The minimum absolute atomic E-state index is 0.212. The summed E-state index contributed by atoms with van der Waals surface area (Å²) >= 11 is 0. The van der Waals surface area contributed by atoms with Crippen molar-refractivity contribution in [1.29, 1.82) is 0 Å². The number of hydrogen-bond acceptors (Lipinski definition) is 5. The summed E-state index contributed by atoms with van der Waals surface area (Å²) in [6.45, 7) is 12.3. The van der Waals surface area contributed by atoms with E-state index in [2.05, 4.69) is 45.0 Å². The average molecular weight is 484 g/mol. The van der Waals surface area contributed by atoms with Crippen LogP contribution in [0.1, 0.15) is 48.0 Å². The van der Waals surface area contributed by atoms with E-state index in [1.165, 1.54) is 12.0 Å². The molecule has 2 aromatic rings. The number of hydrogen-bond donors (Lipinski definition) is 0. The van der Waals surface area contributed by atoms with Gasteiger partial charge >= 0.3 is 12.1 Å². The van der Waals surface area contributed by atoms with Crippen LogP contribution in [0.5, 0.6) is 0 Å². The van der Waals surface area contributed by atoms with Crippen LogP contribution in [0.25, 0.3) is 0 Å². The van der Waals surface area contributed by atoms with Gasteiger partial charge in [-0.25, -0.2) is 9.59 Å². The second-order valence-corrected chi connectivity index (χ2v) is 15.1. The zero-order chi connectivity index (χ0) is 25.1. The summed E-state index contributed by atoms with van der Waals surface area (Å²) in [7, 11) is -1.49. The molecular weight excluding hydrogens is 446 g/mol. The highest BCUT2D eigenvalue weighted by Crippen LogP contribution is 2.39. The summed E-state index contributed by atoms with van der Waals surface area (Å²) in [4.78, 5) is 27.1. The van der Waals surface area contributed by atoms with Gasteiger partial charge in [0, 0.05) is 13.0 Å². The van der Waals surface area contributed by atoms with Crippen molar-refractivity contribution < 1.29 is 23.5 Å². The molecule has 0 aliphatic carbocycles. The van der Waals surface area contributed by atoms with Gasteiger partial charge in [-0.05, 0) is 36.2 Å². The van der Waals surface area contributed by atoms with E-state index in [1.54, 1.807) is 0 Å².